The fourth-order valence-electron chi connectivity index (χ4n) is 3.86. The van der Waals surface area contributed by atoms with Gasteiger partial charge in [-0.1, -0.05) is 19.3 Å². The zero-order valence-corrected chi connectivity index (χ0v) is 14.9. The minimum absolute atomic E-state index is 0.00670. The van der Waals surface area contributed by atoms with Crippen LogP contribution in [-0.2, 0) is 9.53 Å². The van der Waals surface area contributed by atoms with Crippen molar-refractivity contribution in [2.24, 2.45) is 0 Å². The molecule has 0 radical (unpaired) electrons. The fraction of sp³-hybridized carbons (Fsp3) is 0.611. The molecule has 1 aliphatic carbocycles. The summed E-state index contributed by atoms with van der Waals surface area (Å²) in [4.78, 5) is 32.7. The van der Waals surface area contributed by atoms with E-state index < -0.39 is 0 Å². The summed E-state index contributed by atoms with van der Waals surface area (Å²) in [6, 6.07) is 3.42. The summed E-state index contributed by atoms with van der Waals surface area (Å²) >= 11 is 0. The highest BCUT2D eigenvalue weighted by atomic mass is 16.5. The van der Waals surface area contributed by atoms with Crippen molar-refractivity contribution in [1.29, 1.82) is 0 Å². The molecule has 1 aliphatic heterocycles. The highest BCUT2D eigenvalue weighted by molar-refractivity contribution is 5.97. The normalized spacial score (nSPS) is 19.4. The third-order valence-corrected chi connectivity index (χ3v) is 5.11. The number of esters is 1. The van der Waals surface area contributed by atoms with Gasteiger partial charge in [0.15, 0.2) is 0 Å². The monoisotopic (exact) mass is 347 g/mol. The molecule has 1 spiro atoms. The number of carbonyl (C=O) groups excluding carboxylic acids is 2. The molecule has 2 heterocycles. The maximum absolute atomic E-state index is 13.1. The minimum Gasteiger partial charge on any atom is -0.481 e. The van der Waals surface area contributed by atoms with Gasteiger partial charge in [-0.3, -0.25) is 9.69 Å². The van der Waals surface area contributed by atoms with Crippen molar-refractivity contribution >= 4 is 17.7 Å². The van der Waals surface area contributed by atoms with Crippen LogP contribution in [0, 0.1) is 0 Å². The van der Waals surface area contributed by atoms with Crippen LogP contribution in [0.15, 0.2) is 18.3 Å². The van der Waals surface area contributed by atoms with Crippen molar-refractivity contribution in [2.75, 3.05) is 31.7 Å². The number of hydrogen-bond acceptors (Lipinski definition) is 5. The number of anilines is 1. The molecular weight excluding hydrogens is 322 g/mol. The molecule has 0 N–H and O–H groups in total. The predicted octanol–water partition coefficient (Wildman–Crippen LogP) is 2.60. The van der Waals surface area contributed by atoms with E-state index in [1.807, 2.05) is 6.07 Å². The average Bonchev–Trinajstić information content (AvgIpc) is 2.88. The van der Waals surface area contributed by atoms with Gasteiger partial charge in [0.05, 0.1) is 37.7 Å². The van der Waals surface area contributed by atoms with E-state index in [1.165, 1.54) is 6.42 Å². The fourth-order valence-corrected chi connectivity index (χ4v) is 3.86. The Morgan fingerprint density at radius 1 is 1.28 bits per heavy atom. The van der Waals surface area contributed by atoms with Crippen LogP contribution >= 0.6 is 0 Å². The Kier molecular flexibility index (Phi) is 5.11. The number of amides is 2. The highest BCUT2D eigenvalue weighted by Gasteiger charge is 2.51. The summed E-state index contributed by atoms with van der Waals surface area (Å²) in [6.07, 6.45) is 6.79. The van der Waals surface area contributed by atoms with E-state index in [0.717, 1.165) is 31.4 Å². The van der Waals surface area contributed by atoms with Crippen LogP contribution in [-0.4, -0.2) is 54.2 Å². The molecule has 7 nitrogen and oxygen atoms in total. The molecule has 3 rings (SSSR count). The zero-order valence-electron chi connectivity index (χ0n) is 14.9. The molecule has 136 valence electrons. The van der Waals surface area contributed by atoms with Crippen LogP contribution in [0.2, 0.25) is 0 Å². The molecular formula is C18H25N3O4. The first-order valence-corrected chi connectivity index (χ1v) is 8.84. The van der Waals surface area contributed by atoms with Crippen LogP contribution in [0.3, 0.4) is 0 Å². The molecule has 0 bridgehead atoms. The lowest BCUT2D eigenvalue weighted by Crippen LogP contribution is -2.50. The number of hydrogen-bond donors (Lipinski definition) is 0. The van der Waals surface area contributed by atoms with Crippen LogP contribution in [0.1, 0.15) is 39.0 Å². The molecule has 2 amide bonds. The van der Waals surface area contributed by atoms with Crippen molar-refractivity contribution in [3.05, 3.63) is 18.3 Å². The summed E-state index contributed by atoms with van der Waals surface area (Å²) in [5, 5.41) is 0. The van der Waals surface area contributed by atoms with Gasteiger partial charge in [0, 0.05) is 6.07 Å². The Balaban J connectivity index is 1.86. The first kappa shape index (κ1) is 17.5. The number of rotatable bonds is 5. The third-order valence-electron chi connectivity index (χ3n) is 5.11. The second-order valence-electron chi connectivity index (χ2n) is 6.60. The first-order valence-electron chi connectivity index (χ1n) is 8.84. The SMILES string of the molecule is CCOC(=O)CN1C(=O)N(c2ccc(OC)nc2)CC12CCCCC2. The number of pyridine rings is 1. The summed E-state index contributed by atoms with van der Waals surface area (Å²) in [5.41, 5.74) is 0.435. The zero-order chi connectivity index (χ0) is 17.9. The van der Waals surface area contributed by atoms with Crippen LogP contribution in [0.25, 0.3) is 0 Å². The molecule has 1 aromatic rings. The number of urea groups is 1. The average molecular weight is 347 g/mol. The maximum atomic E-state index is 13.1. The van der Waals surface area contributed by atoms with E-state index in [1.54, 1.807) is 36.1 Å². The predicted molar refractivity (Wildman–Crippen MR) is 92.7 cm³/mol. The van der Waals surface area contributed by atoms with Gasteiger partial charge >= 0.3 is 12.0 Å². The van der Waals surface area contributed by atoms with Gasteiger partial charge in [-0.25, -0.2) is 9.78 Å². The minimum atomic E-state index is -0.351. The Morgan fingerprint density at radius 2 is 2.04 bits per heavy atom. The Hall–Kier alpha value is -2.31. The molecule has 7 heteroatoms. The van der Waals surface area contributed by atoms with Crippen molar-refractivity contribution in [3.63, 3.8) is 0 Å². The summed E-state index contributed by atoms with van der Waals surface area (Å²) in [7, 11) is 1.56. The molecule has 2 aliphatic rings. The molecule has 25 heavy (non-hydrogen) atoms. The molecule has 0 atom stereocenters. The lowest BCUT2D eigenvalue weighted by Gasteiger charge is -2.39. The summed E-state index contributed by atoms with van der Waals surface area (Å²) in [5.74, 6) is 0.154. The van der Waals surface area contributed by atoms with Gasteiger partial charge in [-0.15, -0.1) is 0 Å². The number of methoxy groups -OCH3 is 1. The molecule has 0 aromatic carbocycles. The standard InChI is InChI=1S/C18H25N3O4/c1-3-25-16(22)12-21-17(23)20(13-18(21)9-5-4-6-10-18)14-7-8-15(24-2)19-11-14/h7-8,11H,3-6,9-10,12-13H2,1-2H3. The number of ether oxygens (including phenoxy) is 2. The van der Waals surface area contributed by atoms with Crippen LogP contribution in [0.5, 0.6) is 5.88 Å². The maximum Gasteiger partial charge on any atom is 0.325 e. The van der Waals surface area contributed by atoms with Crippen LogP contribution in [0.4, 0.5) is 10.5 Å². The van der Waals surface area contributed by atoms with Gasteiger partial charge < -0.3 is 14.4 Å². The topological polar surface area (TPSA) is 72.0 Å². The van der Waals surface area contributed by atoms with E-state index >= 15 is 0 Å². The van der Waals surface area contributed by atoms with E-state index in [2.05, 4.69) is 4.98 Å². The lowest BCUT2D eigenvalue weighted by molar-refractivity contribution is -0.144. The first-order chi connectivity index (χ1) is 12.1. The van der Waals surface area contributed by atoms with Crippen molar-refractivity contribution < 1.29 is 19.1 Å². The van der Waals surface area contributed by atoms with E-state index in [-0.39, 0.29) is 24.1 Å². The van der Waals surface area contributed by atoms with Gasteiger partial charge in [0.1, 0.15) is 6.54 Å². The van der Waals surface area contributed by atoms with Gasteiger partial charge in [-0.05, 0) is 25.8 Å². The third kappa shape index (κ3) is 3.41. The number of aromatic nitrogens is 1. The molecule has 0 unspecified atom stereocenters. The van der Waals surface area contributed by atoms with E-state index in [0.29, 0.717) is 19.0 Å². The second-order valence-corrected chi connectivity index (χ2v) is 6.60. The van der Waals surface area contributed by atoms with Gasteiger partial charge in [0.25, 0.3) is 0 Å². The second kappa shape index (κ2) is 7.29. The smallest absolute Gasteiger partial charge is 0.325 e. The van der Waals surface area contributed by atoms with Crippen molar-refractivity contribution in [1.82, 2.24) is 9.88 Å². The molecule has 1 saturated carbocycles. The molecule has 2 fully saturated rings. The van der Waals surface area contributed by atoms with Gasteiger partial charge in [-0.2, -0.15) is 0 Å². The molecule has 1 saturated heterocycles. The van der Waals surface area contributed by atoms with E-state index in [9.17, 15) is 9.59 Å². The van der Waals surface area contributed by atoms with E-state index in [4.69, 9.17) is 9.47 Å². The Bertz CT molecular complexity index is 626. The van der Waals surface area contributed by atoms with Crippen molar-refractivity contribution in [3.8, 4) is 5.88 Å². The van der Waals surface area contributed by atoms with Gasteiger partial charge in [0.2, 0.25) is 5.88 Å². The largest absolute Gasteiger partial charge is 0.481 e. The molecule has 1 aromatic heterocycles. The number of carbonyl (C=O) groups is 2. The number of nitrogens with zero attached hydrogens (tertiary/aromatic N) is 3. The Labute approximate surface area is 147 Å². The van der Waals surface area contributed by atoms with Crippen LogP contribution < -0.4 is 9.64 Å². The summed E-state index contributed by atoms with van der Waals surface area (Å²) in [6.45, 7) is 2.68. The quantitative estimate of drug-likeness (QED) is 0.766. The highest BCUT2D eigenvalue weighted by Crippen LogP contribution is 2.40. The Morgan fingerprint density at radius 3 is 2.64 bits per heavy atom. The lowest BCUT2D eigenvalue weighted by atomic mass is 9.81. The van der Waals surface area contributed by atoms with Crippen molar-refractivity contribution in [2.45, 2.75) is 44.6 Å². The summed E-state index contributed by atoms with van der Waals surface area (Å²) < 4.78 is 10.2.